The van der Waals surface area contributed by atoms with Crippen LogP contribution >= 0.6 is 0 Å². The first-order valence-corrected chi connectivity index (χ1v) is 7.20. The van der Waals surface area contributed by atoms with Gasteiger partial charge >= 0.3 is 12.1 Å². The lowest BCUT2D eigenvalue weighted by Crippen LogP contribution is -2.42. The van der Waals surface area contributed by atoms with Crippen LogP contribution in [-0.2, 0) is 22.6 Å². The van der Waals surface area contributed by atoms with E-state index in [1.165, 1.54) is 0 Å². The molecule has 0 saturated heterocycles. The second-order valence-corrected chi connectivity index (χ2v) is 5.15. The van der Waals surface area contributed by atoms with Crippen molar-refractivity contribution < 1.29 is 32.6 Å². The summed E-state index contributed by atoms with van der Waals surface area (Å²) in [6, 6.07) is 7.87. The number of aliphatic carboxylic acids is 1. The summed E-state index contributed by atoms with van der Waals surface area (Å²) in [7, 11) is 0. The Morgan fingerprint density at radius 3 is 2.24 bits per heavy atom. The fourth-order valence-corrected chi connectivity index (χ4v) is 2.08. The molecule has 0 aliphatic carbocycles. The van der Waals surface area contributed by atoms with Crippen LogP contribution in [0, 0.1) is 17.5 Å². The van der Waals surface area contributed by atoms with Crippen LogP contribution in [0.4, 0.5) is 18.0 Å². The molecule has 8 heteroatoms. The van der Waals surface area contributed by atoms with E-state index < -0.39 is 47.5 Å². The lowest BCUT2D eigenvalue weighted by Gasteiger charge is -2.15. The van der Waals surface area contributed by atoms with Crippen LogP contribution in [-0.4, -0.2) is 23.2 Å². The van der Waals surface area contributed by atoms with Crippen molar-refractivity contribution >= 4 is 12.1 Å². The molecule has 0 saturated carbocycles. The van der Waals surface area contributed by atoms with Crippen LogP contribution in [0.15, 0.2) is 42.5 Å². The van der Waals surface area contributed by atoms with E-state index in [4.69, 9.17) is 9.84 Å². The largest absolute Gasteiger partial charge is 0.480 e. The Bertz CT molecular complexity index is 745. The zero-order valence-corrected chi connectivity index (χ0v) is 12.8. The Morgan fingerprint density at radius 2 is 1.68 bits per heavy atom. The molecule has 132 valence electrons. The zero-order valence-electron chi connectivity index (χ0n) is 12.8. The summed E-state index contributed by atoms with van der Waals surface area (Å²) in [5.41, 5.74) is 0.0392. The van der Waals surface area contributed by atoms with Gasteiger partial charge in [0, 0.05) is 24.1 Å². The highest BCUT2D eigenvalue weighted by Gasteiger charge is 2.25. The van der Waals surface area contributed by atoms with Crippen LogP contribution in [0.3, 0.4) is 0 Å². The Balaban J connectivity index is 2.01. The maximum Gasteiger partial charge on any atom is 0.408 e. The summed E-state index contributed by atoms with van der Waals surface area (Å²) in [6.45, 7) is -0.0989. The molecule has 1 amide bonds. The van der Waals surface area contributed by atoms with Gasteiger partial charge in [-0.3, -0.25) is 0 Å². The molecule has 25 heavy (non-hydrogen) atoms. The van der Waals surface area contributed by atoms with Gasteiger partial charge in [0.25, 0.3) is 0 Å². The second kappa shape index (κ2) is 8.18. The number of hydrogen-bond donors (Lipinski definition) is 2. The lowest BCUT2D eigenvalue weighted by molar-refractivity contribution is -0.139. The smallest absolute Gasteiger partial charge is 0.408 e. The van der Waals surface area contributed by atoms with E-state index in [0.717, 1.165) is 0 Å². The molecule has 0 aromatic heterocycles. The average Bonchev–Trinajstić information content (AvgIpc) is 2.55. The predicted molar refractivity (Wildman–Crippen MR) is 81.2 cm³/mol. The van der Waals surface area contributed by atoms with Crippen LogP contribution in [0.2, 0.25) is 0 Å². The molecular formula is C17H14F3NO4. The third-order valence-corrected chi connectivity index (χ3v) is 3.32. The molecule has 0 bridgehead atoms. The van der Waals surface area contributed by atoms with E-state index in [0.29, 0.717) is 17.7 Å². The van der Waals surface area contributed by atoms with Crippen molar-refractivity contribution in [3.05, 3.63) is 71.0 Å². The van der Waals surface area contributed by atoms with Gasteiger partial charge < -0.3 is 15.2 Å². The highest BCUT2D eigenvalue weighted by molar-refractivity contribution is 5.80. The third-order valence-electron chi connectivity index (χ3n) is 3.32. The number of hydrogen-bond acceptors (Lipinski definition) is 3. The number of amides is 1. The van der Waals surface area contributed by atoms with Gasteiger partial charge in [0.1, 0.15) is 30.1 Å². The van der Waals surface area contributed by atoms with Gasteiger partial charge in [0.2, 0.25) is 0 Å². The van der Waals surface area contributed by atoms with Crippen molar-refractivity contribution in [1.82, 2.24) is 5.32 Å². The Labute approximate surface area is 141 Å². The molecular weight excluding hydrogens is 339 g/mol. The number of ether oxygens (including phenoxy) is 1. The Kier molecular flexibility index (Phi) is 5.99. The number of carboxylic acids is 1. The number of carboxylic acid groups (broad SMARTS) is 1. The fourth-order valence-electron chi connectivity index (χ4n) is 2.08. The Morgan fingerprint density at radius 1 is 1.08 bits per heavy atom. The van der Waals surface area contributed by atoms with Crippen molar-refractivity contribution in [1.29, 1.82) is 0 Å². The molecule has 2 aromatic rings. The summed E-state index contributed by atoms with van der Waals surface area (Å²) in [6.07, 6.45) is -1.76. The molecule has 0 heterocycles. The van der Waals surface area contributed by atoms with E-state index in [1.54, 1.807) is 30.3 Å². The monoisotopic (exact) mass is 353 g/mol. The number of alkyl carbamates (subject to hydrolysis) is 1. The van der Waals surface area contributed by atoms with Crippen LogP contribution in [0.1, 0.15) is 11.1 Å². The summed E-state index contributed by atoms with van der Waals surface area (Å²) in [5, 5.41) is 11.1. The number of carbonyl (C=O) groups excluding carboxylic acids is 1. The minimum atomic E-state index is -1.64. The van der Waals surface area contributed by atoms with E-state index in [-0.39, 0.29) is 6.61 Å². The van der Waals surface area contributed by atoms with Crippen LogP contribution in [0.25, 0.3) is 0 Å². The number of halogens is 3. The quantitative estimate of drug-likeness (QED) is 0.837. The summed E-state index contributed by atoms with van der Waals surface area (Å²) in [5.74, 6) is -5.10. The van der Waals surface area contributed by atoms with Crippen molar-refractivity contribution in [3.63, 3.8) is 0 Å². The molecule has 0 aliphatic rings. The zero-order chi connectivity index (χ0) is 18.4. The second-order valence-electron chi connectivity index (χ2n) is 5.15. The van der Waals surface area contributed by atoms with Crippen molar-refractivity contribution in [2.45, 2.75) is 19.1 Å². The van der Waals surface area contributed by atoms with Gasteiger partial charge in [-0.2, -0.15) is 0 Å². The van der Waals surface area contributed by atoms with E-state index >= 15 is 0 Å². The first-order valence-electron chi connectivity index (χ1n) is 7.20. The lowest BCUT2D eigenvalue weighted by atomic mass is 10.0. The minimum absolute atomic E-state index is 0.0989. The van der Waals surface area contributed by atoms with Crippen molar-refractivity contribution in [2.24, 2.45) is 0 Å². The number of rotatable bonds is 6. The summed E-state index contributed by atoms with van der Waals surface area (Å²) >= 11 is 0. The highest BCUT2D eigenvalue weighted by atomic mass is 19.1. The van der Waals surface area contributed by atoms with Gasteiger partial charge in [0.05, 0.1) is 0 Å². The third kappa shape index (κ3) is 5.23. The van der Waals surface area contributed by atoms with Gasteiger partial charge in [0.15, 0.2) is 0 Å². The van der Waals surface area contributed by atoms with E-state index in [9.17, 15) is 22.8 Å². The highest BCUT2D eigenvalue weighted by Crippen LogP contribution is 2.17. The van der Waals surface area contributed by atoms with Crippen LogP contribution < -0.4 is 5.32 Å². The summed E-state index contributed by atoms with van der Waals surface area (Å²) < 4.78 is 45.0. The molecule has 0 fully saturated rings. The Hall–Kier alpha value is -3.03. The molecule has 0 unspecified atom stereocenters. The molecule has 2 rings (SSSR count). The number of carbonyl (C=O) groups is 2. The standard InChI is InChI=1S/C17H14F3NO4/c18-11-6-13(19)12(14(20)7-11)8-15(16(22)23)21-17(24)25-9-10-4-2-1-3-5-10/h1-7,15H,8-9H2,(H,21,24)(H,22,23)/t15-/m0/s1. The van der Waals surface area contributed by atoms with Gasteiger partial charge in [-0.25, -0.2) is 22.8 Å². The molecule has 0 spiro atoms. The van der Waals surface area contributed by atoms with E-state index in [2.05, 4.69) is 0 Å². The number of benzene rings is 2. The molecule has 1 atom stereocenters. The first-order chi connectivity index (χ1) is 11.9. The maximum atomic E-state index is 13.6. The number of nitrogens with one attached hydrogen (secondary N) is 1. The van der Waals surface area contributed by atoms with Gasteiger partial charge in [-0.1, -0.05) is 30.3 Å². The SMILES string of the molecule is O=C(N[C@@H](Cc1c(F)cc(F)cc1F)C(=O)O)OCc1ccccc1. The molecule has 2 aromatic carbocycles. The topological polar surface area (TPSA) is 75.6 Å². The van der Waals surface area contributed by atoms with Crippen LogP contribution in [0.5, 0.6) is 0 Å². The predicted octanol–water partition coefficient (Wildman–Crippen LogP) is 3.03. The molecule has 0 radical (unpaired) electrons. The minimum Gasteiger partial charge on any atom is -0.480 e. The normalized spacial score (nSPS) is 11.6. The molecule has 2 N–H and O–H groups in total. The first kappa shape index (κ1) is 18.3. The van der Waals surface area contributed by atoms with Crippen molar-refractivity contribution in [3.8, 4) is 0 Å². The van der Waals surface area contributed by atoms with E-state index in [1.807, 2.05) is 5.32 Å². The summed E-state index contributed by atoms with van der Waals surface area (Å²) in [4.78, 5) is 22.9. The molecule has 0 aliphatic heterocycles. The average molecular weight is 353 g/mol. The fraction of sp³-hybridized carbons (Fsp3) is 0.176. The maximum absolute atomic E-state index is 13.6. The van der Waals surface area contributed by atoms with Gasteiger partial charge in [-0.15, -0.1) is 0 Å². The molecule has 5 nitrogen and oxygen atoms in total. The van der Waals surface area contributed by atoms with Crippen molar-refractivity contribution in [2.75, 3.05) is 0 Å². The van der Waals surface area contributed by atoms with Gasteiger partial charge in [-0.05, 0) is 5.56 Å².